The molecular weight excluding hydrogens is 414 g/mol. The highest BCUT2D eigenvalue weighted by Gasteiger charge is 2.56. The number of amides is 1. The van der Waals surface area contributed by atoms with Crippen molar-refractivity contribution in [2.45, 2.75) is 61.0 Å². The maximum Gasteiger partial charge on any atom is 0.411 e. The number of unbranched alkanes of at least 4 members (excludes halogenated alkanes) is 1. The highest BCUT2D eigenvalue weighted by molar-refractivity contribution is 7.99. The van der Waals surface area contributed by atoms with Crippen molar-refractivity contribution in [2.24, 2.45) is 0 Å². The van der Waals surface area contributed by atoms with Gasteiger partial charge in [0.05, 0.1) is 6.61 Å². The molecule has 2 aliphatic heterocycles. The van der Waals surface area contributed by atoms with Crippen LogP contribution in [0.4, 0.5) is 4.79 Å². The fraction of sp³-hybridized carbons (Fsp3) is 0.458. The molecule has 0 radical (unpaired) electrons. The molecule has 2 unspecified atom stereocenters. The van der Waals surface area contributed by atoms with Crippen molar-refractivity contribution in [2.75, 3.05) is 13.2 Å². The van der Waals surface area contributed by atoms with Gasteiger partial charge in [-0.25, -0.2) is 4.79 Å². The van der Waals surface area contributed by atoms with Gasteiger partial charge in [-0.2, -0.15) is 0 Å². The van der Waals surface area contributed by atoms with Gasteiger partial charge in [-0.15, -0.1) is 0 Å². The van der Waals surface area contributed by atoms with Crippen molar-refractivity contribution in [1.29, 1.82) is 0 Å². The molecule has 2 heterocycles. The quantitative estimate of drug-likeness (QED) is 0.589. The van der Waals surface area contributed by atoms with E-state index in [9.17, 15) is 9.90 Å². The molecule has 2 fully saturated rings. The summed E-state index contributed by atoms with van der Waals surface area (Å²) in [6.07, 6.45) is -0.583. The summed E-state index contributed by atoms with van der Waals surface area (Å²) in [5.74, 6) is 0. The summed E-state index contributed by atoms with van der Waals surface area (Å²) >= 11 is 1.54. The van der Waals surface area contributed by atoms with Crippen molar-refractivity contribution in [3.05, 3.63) is 66.2 Å². The molecule has 7 heteroatoms. The first-order valence-electron chi connectivity index (χ1n) is 10.8. The second kappa shape index (κ2) is 10.5. The second-order valence-electron chi connectivity index (χ2n) is 7.85. The molecular formula is C24H29NO5S. The Morgan fingerprint density at radius 2 is 1.81 bits per heavy atom. The van der Waals surface area contributed by atoms with Crippen LogP contribution < -0.4 is 0 Å². The second-order valence-corrected chi connectivity index (χ2v) is 9.02. The smallest absolute Gasteiger partial charge is 0.411 e. The molecule has 166 valence electrons. The highest BCUT2D eigenvalue weighted by atomic mass is 32.2. The van der Waals surface area contributed by atoms with Crippen LogP contribution in [0, 0.1) is 0 Å². The van der Waals surface area contributed by atoms with E-state index in [1.165, 1.54) is 0 Å². The molecule has 0 aromatic heterocycles. The first kappa shape index (κ1) is 22.1. The van der Waals surface area contributed by atoms with Crippen LogP contribution in [0.1, 0.15) is 25.3 Å². The number of benzene rings is 2. The van der Waals surface area contributed by atoms with Crippen molar-refractivity contribution >= 4 is 17.9 Å². The molecule has 2 aromatic rings. The van der Waals surface area contributed by atoms with Gasteiger partial charge in [-0.3, -0.25) is 4.90 Å². The Morgan fingerprint density at radius 1 is 1.10 bits per heavy atom. The topological polar surface area (TPSA) is 68.2 Å². The Hall–Kier alpha value is -2.06. The van der Waals surface area contributed by atoms with Gasteiger partial charge in [0.1, 0.15) is 23.7 Å². The van der Waals surface area contributed by atoms with Gasteiger partial charge in [0, 0.05) is 18.0 Å². The van der Waals surface area contributed by atoms with E-state index in [4.69, 9.17) is 14.2 Å². The lowest BCUT2D eigenvalue weighted by Crippen LogP contribution is -2.59. The lowest BCUT2D eigenvalue weighted by atomic mass is 9.97. The van der Waals surface area contributed by atoms with Crippen LogP contribution in [0.15, 0.2) is 65.6 Å². The number of thioether (sulfide) groups is 1. The van der Waals surface area contributed by atoms with Crippen molar-refractivity contribution in [1.82, 2.24) is 4.90 Å². The van der Waals surface area contributed by atoms with E-state index >= 15 is 0 Å². The highest BCUT2D eigenvalue weighted by Crippen LogP contribution is 2.40. The van der Waals surface area contributed by atoms with E-state index in [0.29, 0.717) is 13.2 Å². The Morgan fingerprint density at radius 3 is 2.52 bits per heavy atom. The fourth-order valence-corrected chi connectivity index (χ4v) is 5.16. The lowest BCUT2D eigenvalue weighted by molar-refractivity contribution is -0.168. The Bertz CT molecular complexity index is 836. The zero-order valence-corrected chi connectivity index (χ0v) is 18.4. The van der Waals surface area contributed by atoms with Crippen molar-refractivity contribution in [3.63, 3.8) is 0 Å². The van der Waals surface area contributed by atoms with E-state index in [1.54, 1.807) is 16.7 Å². The van der Waals surface area contributed by atoms with Gasteiger partial charge in [-0.1, -0.05) is 73.6 Å². The SMILES string of the molecule is CCCCOCC1O[C@@H](Sc2ccccc2)C2[C@@H](OC(=O)N2Cc2ccccc2)[C@@H]1O. The Labute approximate surface area is 187 Å². The number of nitrogens with zero attached hydrogens (tertiary/aromatic N) is 1. The molecule has 0 bridgehead atoms. The molecule has 1 N–H and O–H groups in total. The zero-order valence-electron chi connectivity index (χ0n) is 17.6. The van der Waals surface area contributed by atoms with E-state index in [-0.39, 0.29) is 12.0 Å². The van der Waals surface area contributed by atoms with E-state index in [1.807, 2.05) is 60.7 Å². The predicted molar refractivity (Wildman–Crippen MR) is 119 cm³/mol. The number of hydrogen-bond donors (Lipinski definition) is 1. The monoisotopic (exact) mass is 443 g/mol. The van der Waals surface area contributed by atoms with Crippen LogP contribution >= 0.6 is 11.8 Å². The summed E-state index contributed by atoms with van der Waals surface area (Å²) in [7, 11) is 0. The number of fused-ring (bicyclic) bond motifs is 1. The summed E-state index contributed by atoms with van der Waals surface area (Å²) in [4.78, 5) is 15.5. The Kier molecular flexibility index (Phi) is 7.50. The van der Waals surface area contributed by atoms with Crippen molar-refractivity contribution in [3.8, 4) is 0 Å². The van der Waals surface area contributed by atoms with Crippen LogP contribution in [0.3, 0.4) is 0 Å². The van der Waals surface area contributed by atoms with Gasteiger partial charge in [0.2, 0.25) is 0 Å². The third-order valence-electron chi connectivity index (χ3n) is 5.59. The third kappa shape index (κ3) is 5.23. The maximum absolute atomic E-state index is 12.8. The van der Waals surface area contributed by atoms with Gasteiger partial charge >= 0.3 is 6.09 Å². The molecule has 2 aromatic carbocycles. The van der Waals surface area contributed by atoms with Gasteiger partial charge in [0.25, 0.3) is 0 Å². The molecule has 0 spiro atoms. The van der Waals surface area contributed by atoms with Gasteiger partial charge in [-0.05, 0) is 24.1 Å². The average Bonchev–Trinajstić information content (AvgIpc) is 3.12. The number of ether oxygens (including phenoxy) is 3. The molecule has 31 heavy (non-hydrogen) atoms. The number of carbonyl (C=O) groups is 1. The molecule has 4 rings (SSSR count). The zero-order chi connectivity index (χ0) is 21.6. The van der Waals surface area contributed by atoms with Crippen LogP contribution in [0.5, 0.6) is 0 Å². The fourth-order valence-electron chi connectivity index (χ4n) is 3.94. The largest absolute Gasteiger partial charge is 0.441 e. The minimum absolute atomic E-state index is 0.270. The number of aliphatic hydroxyl groups is 1. The van der Waals surface area contributed by atoms with Gasteiger partial charge in [0.15, 0.2) is 6.10 Å². The summed E-state index contributed by atoms with van der Waals surface area (Å²) < 4.78 is 17.7. The van der Waals surface area contributed by atoms with Crippen molar-refractivity contribution < 1.29 is 24.1 Å². The molecule has 0 aliphatic carbocycles. The third-order valence-corrected chi connectivity index (χ3v) is 6.76. The van der Waals surface area contributed by atoms with E-state index < -0.39 is 30.4 Å². The Balaban J connectivity index is 1.55. The predicted octanol–water partition coefficient (Wildman–Crippen LogP) is 4.07. The summed E-state index contributed by atoms with van der Waals surface area (Å²) in [6.45, 7) is 3.40. The van der Waals surface area contributed by atoms with Crippen LogP contribution in [0.2, 0.25) is 0 Å². The molecule has 6 nitrogen and oxygen atoms in total. The van der Waals surface area contributed by atoms with E-state index in [0.717, 1.165) is 23.3 Å². The van der Waals surface area contributed by atoms with E-state index in [2.05, 4.69) is 6.92 Å². The maximum atomic E-state index is 12.8. The van der Waals surface area contributed by atoms with Crippen LogP contribution in [-0.4, -0.2) is 59.1 Å². The number of carbonyl (C=O) groups excluding carboxylic acids is 1. The molecule has 5 atom stereocenters. The number of aliphatic hydroxyl groups excluding tert-OH is 1. The number of rotatable bonds is 9. The number of hydrogen-bond acceptors (Lipinski definition) is 6. The minimum Gasteiger partial charge on any atom is -0.441 e. The first-order chi connectivity index (χ1) is 15.2. The first-order valence-corrected chi connectivity index (χ1v) is 11.7. The van der Waals surface area contributed by atoms with Crippen LogP contribution in [-0.2, 0) is 20.8 Å². The molecule has 0 saturated carbocycles. The van der Waals surface area contributed by atoms with Crippen LogP contribution in [0.25, 0.3) is 0 Å². The summed E-state index contributed by atoms with van der Waals surface area (Å²) in [5.41, 5.74) is 0.619. The van der Waals surface area contributed by atoms with Gasteiger partial charge < -0.3 is 19.3 Å². The molecule has 2 aliphatic rings. The minimum atomic E-state index is -0.941. The summed E-state index contributed by atoms with van der Waals surface area (Å²) in [6, 6.07) is 19.3. The average molecular weight is 444 g/mol. The summed E-state index contributed by atoms with van der Waals surface area (Å²) in [5, 5.41) is 11.0. The lowest BCUT2D eigenvalue weighted by Gasteiger charge is -2.42. The molecule has 2 saturated heterocycles. The molecule has 1 amide bonds. The standard InChI is InChI=1S/C24H29NO5S/c1-2-3-14-28-16-19-21(26)22-20(23(29-19)31-18-12-8-5-9-13-18)25(24(27)30-22)15-17-10-6-4-7-11-17/h4-13,19-23,26H,2-3,14-16H2,1H3/t19?,20?,21-,22-,23+/m1/s1. The normalized spacial score (nSPS) is 27.7.